The number of amides is 2. The number of aryl methyl sites for hydroxylation is 1. The summed E-state index contributed by atoms with van der Waals surface area (Å²) in [7, 11) is 3.10. The van der Waals surface area contributed by atoms with E-state index < -0.39 is 23.8 Å². The topological polar surface area (TPSA) is 133 Å². The molecule has 0 saturated carbocycles. The maximum Gasteiger partial charge on any atom is 0.337 e. The van der Waals surface area contributed by atoms with Crippen molar-refractivity contribution >= 4 is 45.5 Å². The fourth-order valence-corrected chi connectivity index (χ4v) is 5.45. The number of aromatic nitrogens is 5. The van der Waals surface area contributed by atoms with Crippen LogP contribution in [0.5, 0.6) is 0 Å². The number of ether oxygens (including phenoxy) is 2. The van der Waals surface area contributed by atoms with Gasteiger partial charge in [-0.3, -0.25) is 14.5 Å². The highest BCUT2D eigenvalue weighted by atomic mass is 16.5. The molecule has 6 rings (SSSR count). The van der Waals surface area contributed by atoms with E-state index >= 15 is 0 Å². The molecular weight excluding hydrogens is 550 g/mol. The number of para-hydroxylation sites is 3. The van der Waals surface area contributed by atoms with Crippen molar-refractivity contribution in [3.63, 3.8) is 0 Å². The van der Waals surface area contributed by atoms with E-state index in [0.717, 1.165) is 18.4 Å². The van der Waals surface area contributed by atoms with Crippen molar-refractivity contribution < 1.29 is 23.9 Å². The van der Waals surface area contributed by atoms with E-state index in [1.807, 2.05) is 55.6 Å². The van der Waals surface area contributed by atoms with Gasteiger partial charge in [-0.2, -0.15) is 0 Å². The average molecular weight is 582 g/mol. The highest BCUT2D eigenvalue weighted by molar-refractivity contribution is 6.02. The number of nitrogens with zero attached hydrogens (tertiary/aromatic N) is 6. The number of hydrogen-bond donors (Lipinski definition) is 1. The Labute approximate surface area is 247 Å². The maximum atomic E-state index is 14.4. The lowest BCUT2D eigenvalue weighted by atomic mass is 10.1. The summed E-state index contributed by atoms with van der Waals surface area (Å²) < 4.78 is 14.0. The predicted octanol–water partition coefficient (Wildman–Crippen LogP) is 3.17. The molecule has 2 unspecified atom stereocenters. The van der Waals surface area contributed by atoms with Crippen molar-refractivity contribution in [2.75, 3.05) is 25.2 Å². The average Bonchev–Trinajstić information content (AvgIpc) is 3.78. The summed E-state index contributed by atoms with van der Waals surface area (Å²) in [5.41, 5.74) is 3.33. The molecular formula is C31H31N7O5. The molecule has 12 heteroatoms. The number of esters is 1. The van der Waals surface area contributed by atoms with E-state index in [4.69, 9.17) is 14.5 Å². The monoisotopic (exact) mass is 581 g/mol. The predicted molar refractivity (Wildman–Crippen MR) is 158 cm³/mol. The second-order valence-corrected chi connectivity index (χ2v) is 10.3. The summed E-state index contributed by atoms with van der Waals surface area (Å²) >= 11 is 0. The first-order valence-corrected chi connectivity index (χ1v) is 14.0. The number of methoxy groups -OCH3 is 1. The molecule has 0 bridgehead atoms. The fraction of sp³-hybridized carbons (Fsp3) is 0.290. The Morgan fingerprint density at radius 2 is 1.81 bits per heavy atom. The third-order valence-corrected chi connectivity index (χ3v) is 7.62. The number of rotatable bonds is 9. The van der Waals surface area contributed by atoms with Gasteiger partial charge in [-0.05, 0) is 55.3 Å². The quantitative estimate of drug-likeness (QED) is 0.263. The molecule has 2 aromatic heterocycles. The minimum atomic E-state index is -1.20. The molecule has 3 heterocycles. The zero-order valence-corrected chi connectivity index (χ0v) is 23.8. The van der Waals surface area contributed by atoms with E-state index in [-0.39, 0.29) is 24.8 Å². The van der Waals surface area contributed by atoms with Gasteiger partial charge in [-0.25, -0.2) is 14.5 Å². The second-order valence-electron chi connectivity index (χ2n) is 10.3. The van der Waals surface area contributed by atoms with Crippen LogP contribution in [0.4, 0.5) is 5.69 Å². The zero-order chi connectivity index (χ0) is 29.9. The standard InChI is InChI=1S/C31H31N7O5/c1-36-25-14-5-3-12-23(25)33-29(36)28(30(40)32-18-22-11-8-16-43-22)38(21-10-7-9-20(17-21)31(41)42-2)27(39)19-37-26-15-6-4-13-24(26)34-35-37/h3-7,9-10,12-15,17,22,28H,8,11,16,18-19H2,1-2H3,(H,32,40). The minimum Gasteiger partial charge on any atom is -0.465 e. The van der Waals surface area contributed by atoms with E-state index in [2.05, 4.69) is 15.6 Å². The van der Waals surface area contributed by atoms with Gasteiger partial charge in [-0.15, -0.1) is 5.10 Å². The fourth-order valence-electron chi connectivity index (χ4n) is 5.45. The van der Waals surface area contributed by atoms with Crippen LogP contribution in [0, 0.1) is 0 Å². The van der Waals surface area contributed by atoms with E-state index in [0.29, 0.717) is 34.7 Å². The molecule has 5 aromatic rings. The molecule has 0 spiro atoms. The number of carbonyl (C=O) groups is 3. The first-order chi connectivity index (χ1) is 20.9. The third kappa shape index (κ3) is 5.56. The zero-order valence-electron chi connectivity index (χ0n) is 23.8. The van der Waals surface area contributed by atoms with Crippen LogP contribution in [0.25, 0.3) is 22.1 Å². The Morgan fingerprint density at radius 3 is 2.56 bits per heavy atom. The number of anilines is 1. The van der Waals surface area contributed by atoms with Crippen LogP contribution in [0.1, 0.15) is 35.1 Å². The molecule has 3 aromatic carbocycles. The van der Waals surface area contributed by atoms with Gasteiger partial charge in [0, 0.05) is 25.9 Å². The van der Waals surface area contributed by atoms with Crippen molar-refractivity contribution in [3.05, 3.63) is 84.2 Å². The van der Waals surface area contributed by atoms with E-state index in [1.165, 1.54) is 22.8 Å². The van der Waals surface area contributed by atoms with Crippen molar-refractivity contribution in [2.45, 2.75) is 31.5 Å². The number of benzene rings is 3. The van der Waals surface area contributed by atoms with Gasteiger partial charge in [0.1, 0.15) is 17.9 Å². The van der Waals surface area contributed by atoms with Crippen molar-refractivity contribution in [2.24, 2.45) is 7.05 Å². The normalized spacial score (nSPS) is 15.4. The minimum absolute atomic E-state index is 0.113. The van der Waals surface area contributed by atoms with Gasteiger partial charge in [0.15, 0.2) is 6.04 Å². The molecule has 1 aliphatic rings. The lowest BCUT2D eigenvalue weighted by Gasteiger charge is -2.31. The molecule has 1 aliphatic heterocycles. The highest BCUT2D eigenvalue weighted by Gasteiger charge is 2.37. The van der Waals surface area contributed by atoms with Crippen LogP contribution in [-0.4, -0.2) is 68.7 Å². The summed E-state index contributed by atoms with van der Waals surface area (Å²) in [5, 5.41) is 11.4. The van der Waals surface area contributed by atoms with Crippen LogP contribution in [0.3, 0.4) is 0 Å². The highest BCUT2D eigenvalue weighted by Crippen LogP contribution is 2.31. The molecule has 220 valence electrons. The summed E-state index contributed by atoms with van der Waals surface area (Å²) in [6.45, 7) is 0.713. The van der Waals surface area contributed by atoms with E-state index in [1.54, 1.807) is 22.8 Å². The molecule has 0 radical (unpaired) electrons. The number of imidazole rings is 1. The van der Waals surface area contributed by atoms with Gasteiger partial charge in [0.2, 0.25) is 5.91 Å². The number of carbonyl (C=O) groups excluding carboxylic acids is 3. The second kappa shape index (κ2) is 12.0. The molecule has 12 nitrogen and oxygen atoms in total. The molecule has 1 saturated heterocycles. The van der Waals surface area contributed by atoms with Gasteiger partial charge >= 0.3 is 5.97 Å². The third-order valence-electron chi connectivity index (χ3n) is 7.62. The van der Waals surface area contributed by atoms with Crippen LogP contribution in [-0.2, 0) is 32.7 Å². The first-order valence-electron chi connectivity index (χ1n) is 14.0. The Bertz CT molecular complexity index is 1810. The SMILES string of the molecule is COC(=O)c1cccc(N(C(=O)Cn2nnc3ccccc32)C(C(=O)NCC2CCCO2)c2nc3ccccc3n2C)c1. The molecule has 0 aliphatic carbocycles. The van der Waals surface area contributed by atoms with Crippen molar-refractivity contribution in [1.82, 2.24) is 29.9 Å². The molecule has 2 amide bonds. The Hall–Kier alpha value is -5.10. The van der Waals surface area contributed by atoms with Crippen LogP contribution in [0.2, 0.25) is 0 Å². The van der Waals surface area contributed by atoms with Gasteiger partial charge in [-0.1, -0.05) is 35.5 Å². The Balaban J connectivity index is 1.47. The number of hydrogen-bond acceptors (Lipinski definition) is 8. The van der Waals surface area contributed by atoms with Crippen LogP contribution < -0.4 is 10.2 Å². The number of nitrogens with one attached hydrogen (secondary N) is 1. The molecule has 1 fully saturated rings. The summed E-state index contributed by atoms with van der Waals surface area (Å²) in [6, 6.07) is 20.1. The Morgan fingerprint density at radius 1 is 1.05 bits per heavy atom. The summed E-state index contributed by atoms with van der Waals surface area (Å²) in [5.74, 6) is -1.11. The van der Waals surface area contributed by atoms with Gasteiger partial charge < -0.3 is 19.4 Å². The van der Waals surface area contributed by atoms with Crippen LogP contribution >= 0.6 is 0 Å². The van der Waals surface area contributed by atoms with Crippen molar-refractivity contribution in [3.8, 4) is 0 Å². The maximum absolute atomic E-state index is 14.4. The Kier molecular flexibility index (Phi) is 7.84. The lowest BCUT2D eigenvalue weighted by Crippen LogP contribution is -2.47. The summed E-state index contributed by atoms with van der Waals surface area (Å²) in [6.07, 6.45) is 1.64. The van der Waals surface area contributed by atoms with E-state index in [9.17, 15) is 14.4 Å². The molecule has 43 heavy (non-hydrogen) atoms. The smallest absolute Gasteiger partial charge is 0.337 e. The van der Waals surface area contributed by atoms with Crippen LogP contribution in [0.15, 0.2) is 72.8 Å². The van der Waals surface area contributed by atoms with Gasteiger partial charge in [0.05, 0.1) is 35.3 Å². The largest absolute Gasteiger partial charge is 0.465 e. The van der Waals surface area contributed by atoms with Gasteiger partial charge in [0.25, 0.3) is 5.91 Å². The molecule has 2 atom stereocenters. The van der Waals surface area contributed by atoms with Crippen molar-refractivity contribution in [1.29, 1.82) is 0 Å². The molecule has 1 N–H and O–H groups in total. The summed E-state index contributed by atoms with van der Waals surface area (Å²) in [4.78, 5) is 47.3. The lowest BCUT2D eigenvalue weighted by molar-refractivity contribution is -0.127. The number of fused-ring (bicyclic) bond motifs is 2. The first kappa shape index (κ1) is 28.0.